The first-order valence-electron chi connectivity index (χ1n) is 8.16. The van der Waals surface area contributed by atoms with Gasteiger partial charge in [0.05, 0.1) is 27.2 Å². The molecule has 1 aliphatic rings. The first-order chi connectivity index (χ1) is 14.8. The van der Waals surface area contributed by atoms with Crippen LogP contribution in [0.4, 0.5) is 21.5 Å². The number of para-hydroxylation sites is 1. The Hall–Kier alpha value is -4.13. The van der Waals surface area contributed by atoms with E-state index in [0.717, 1.165) is 19.9 Å². The Morgan fingerprint density at radius 2 is 1.39 bits per heavy atom. The Morgan fingerprint density at radius 1 is 0.909 bits per heavy atom. The number of nitro benzene ring substituents is 2. The predicted octanol–water partition coefficient (Wildman–Crippen LogP) is -0.0266. The zero-order valence-corrected chi connectivity index (χ0v) is 20.1. The molecule has 2 aromatic rings. The quantitative estimate of drug-likeness (QED) is 0.243. The maximum absolute atomic E-state index is 12.6. The minimum absolute atomic E-state index is 0. The van der Waals surface area contributed by atoms with Gasteiger partial charge in [-0.2, -0.15) is 4.39 Å². The van der Waals surface area contributed by atoms with Crippen molar-refractivity contribution in [3.05, 3.63) is 74.1 Å². The van der Waals surface area contributed by atoms with Gasteiger partial charge < -0.3 is 25.1 Å². The normalized spacial score (nSPS) is 10.2. The van der Waals surface area contributed by atoms with Crippen LogP contribution in [0.25, 0.3) is 0 Å². The molecule has 0 atom stereocenters. The Labute approximate surface area is 197 Å². The molecule has 0 saturated heterocycles. The summed E-state index contributed by atoms with van der Waals surface area (Å²) in [5, 5.41) is 40.5. The molecule has 1 N–H and O–H groups in total. The van der Waals surface area contributed by atoms with Gasteiger partial charge in [0, 0.05) is 18.0 Å². The van der Waals surface area contributed by atoms with Crippen LogP contribution in [0, 0.1) is 26.0 Å². The number of non-ortho nitro benzene ring substituents is 1. The van der Waals surface area contributed by atoms with Crippen molar-refractivity contribution in [1.29, 1.82) is 0 Å². The van der Waals surface area contributed by atoms with E-state index in [0.29, 0.717) is 23.4 Å². The summed E-state index contributed by atoms with van der Waals surface area (Å²) in [5.41, 5.74) is -0.317. The largest absolute Gasteiger partial charge is 2.00 e. The molecule has 1 heterocycles. The molecular weight excluding hydrogens is 503 g/mol. The Bertz CT molecular complexity index is 1040. The molecule has 0 saturated carbocycles. The second-order valence-electron chi connectivity index (χ2n) is 5.46. The number of carboxylic acids is 2. The third-order valence-electron chi connectivity index (χ3n) is 2.96. The first-order valence-corrected chi connectivity index (χ1v) is 8.16. The summed E-state index contributed by atoms with van der Waals surface area (Å²) in [4.78, 5) is 58.0. The summed E-state index contributed by atoms with van der Waals surface area (Å²) >= 11 is 0. The average Bonchev–Trinajstić information content (AvgIpc) is 2.95. The fourth-order valence-electron chi connectivity index (χ4n) is 1.85. The van der Waals surface area contributed by atoms with Gasteiger partial charge in [-0.05, 0) is 32.0 Å². The number of hydrogen-bond acceptors (Lipinski definition) is 10. The van der Waals surface area contributed by atoms with Crippen LogP contribution in [0.3, 0.4) is 0 Å². The van der Waals surface area contributed by atoms with Gasteiger partial charge in [-0.25, -0.2) is 0 Å². The third kappa shape index (κ3) is 11.7. The summed E-state index contributed by atoms with van der Waals surface area (Å²) < 4.78 is 12.6. The average molecular weight is 517 g/mol. The zero-order chi connectivity index (χ0) is 25.0. The predicted molar refractivity (Wildman–Crippen MR) is 100 cm³/mol. The maximum atomic E-state index is 12.6. The van der Waals surface area contributed by atoms with Crippen molar-refractivity contribution in [3.63, 3.8) is 0 Å². The van der Waals surface area contributed by atoms with Gasteiger partial charge in [0.2, 0.25) is 5.82 Å². The number of Topliss-reactive ketones (excluding diaryl/α,β-unsaturated/α-hetero) is 1. The van der Waals surface area contributed by atoms with Crippen molar-refractivity contribution >= 4 is 40.7 Å². The number of hydrogen-bond donors (Lipinski definition) is 1. The fraction of sp³-hybridized carbons (Fsp3) is 0.111. The molecule has 170 valence electrons. The number of nitrogens with one attached hydrogen (secondary N) is 1. The van der Waals surface area contributed by atoms with Crippen LogP contribution in [-0.4, -0.2) is 33.5 Å². The summed E-state index contributed by atoms with van der Waals surface area (Å²) in [5.74, 6) is -4.23. The number of fused-ring (bicyclic) bond motifs is 1. The number of carboxylic acid groups (broad SMARTS) is 2. The number of carbonyl (C=O) groups excluding carboxylic acids is 4. The Morgan fingerprint density at radius 3 is 1.82 bits per heavy atom. The molecule has 13 nitrogen and oxygen atoms in total. The topological polar surface area (TPSA) is 213 Å². The van der Waals surface area contributed by atoms with Crippen molar-refractivity contribution in [2.45, 2.75) is 13.8 Å². The maximum Gasteiger partial charge on any atom is 2.00 e. The van der Waals surface area contributed by atoms with Crippen LogP contribution in [-0.2, 0) is 33.9 Å². The van der Waals surface area contributed by atoms with Crippen molar-refractivity contribution in [2.24, 2.45) is 0 Å². The van der Waals surface area contributed by atoms with Crippen LogP contribution >= 0.6 is 0 Å². The molecule has 0 bridgehead atoms. The number of aliphatic carboxylic acids is 2. The summed E-state index contributed by atoms with van der Waals surface area (Å²) in [6, 6.07) is 8.98. The molecule has 0 aromatic heterocycles. The van der Waals surface area contributed by atoms with E-state index in [9.17, 15) is 34.2 Å². The standard InChI is InChI=1S/C8H5NO2.C6H3FN2O4.2C2H4O2.Zn/c10-7-5-3-1-2-4-6(5)9-8(7)11;7-5-2-1-4(8(10)11)3-6(5)9(12)13;2*1-2(3)4;/h1-4H,(H,9,10,11);1-3H;2*1H3,(H,3,4);/q;;;;+2/p-2. The number of halogens is 1. The summed E-state index contributed by atoms with van der Waals surface area (Å²) in [6.45, 7) is 1.94. The van der Waals surface area contributed by atoms with Crippen LogP contribution in [0.2, 0.25) is 0 Å². The molecule has 0 fully saturated rings. The van der Waals surface area contributed by atoms with Crippen molar-refractivity contribution in [3.8, 4) is 0 Å². The molecule has 3 rings (SSSR count). The van der Waals surface area contributed by atoms with E-state index >= 15 is 0 Å². The first kappa shape index (κ1) is 31.1. The van der Waals surface area contributed by atoms with Gasteiger partial charge >= 0.3 is 25.2 Å². The van der Waals surface area contributed by atoms with Crippen molar-refractivity contribution < 1.29 is 63.1 Å². The van der Waals surface area contributed by atoms with Crippen molar-refractivity contribution in [1.82, 2.24) is 0 Å². The molecule has 1 amide bonds. The molecule has 15 heteroatoms. The molecule has 0 radical (unpaired) electrons. The number of anilines is 1. The number of ketones is 1. The molecule has 2 aromatic carbocycles. The number of nitrogens with zero attached hydrogens (tertiary/aromatic N) is 2. The smallest absolute Gasteiger partial charge is 0.550 e. The number of amides is 1. The van der Waals surface area contributed by atoms with Gasteiger partial charge in [-0.15, -0.1) is 0 Å². The van der Waals surface area contributed by atoms with E-state index in [1.807, 2.05) is 0 Å². The van der Waals surface area contributed by atoms with Gasteiger partial charge in [-0.3, -0.25) is 29.8 Å². The van der Waals surface area contributed by atoms with Crippen molar-refractivity contribution in [2.75, 3.05) is 5.32 Å². The Kier molecular flexibility index (Phi) is 13.9. The van der Waals surface area contributed by atoms with Gasteiger partial charge in [0.1, 0.15) is 0 Å². The molecule has 0 aliphatic carbocycles. The summed E-state index contributed by atoms with van der Waals surface area (Å²) in [6.07, 6.45) is 0. The zero-order valence-electron chi connectivity index (χ0n) is 17.1. The van der Waals surface area contributed by atoms with E-state index in [4.69, 9.17) is 19.8 Å². The third-order valence-corrected chi connectivity index (χ3v) is 2.96. The van der Waals surface area contributed by atoms with E-state index in [-0.39, 0.29) is 19.5 Å². The Balaban J connectivity index is 0. The molecule has 0 spiro atoms. The minimum Gasteiger partial charge on any atom is -0.550 e. The minimum atomic E-state index is -1.09. The number of benzene rings is 2. The fourth-order valence-corrected chi connectivity index (χ4v) is 1.85. The van der Waals surface area contributed by atoms with E-state index in [1.165, 1.54) is 0 Å². The van der Waals surface area contributed by atoms with Crippen LogP contribution in [0.1, 0.15) is 24.2 Å². The number of carbonyl (C=O) groups is 4. The second kappa shape index (κ2) is 14.8. The molecule has 0 unspecified atom stereocenters. The second-order valence-corrected chi connectivity index (χ2v) is 5.46. The van der Waals surface area contributed by atoms with E-state index < -0.39 is 50.7 Å². The number of nitro groups is 2. The van der Waals surface area contributed by atoms with E-state index in [1.54, 1.807) is 24.3 Å². The van der Waals surface area contributed by atoms with E-state index in [2.05, 4.69) is 5.32 Å². The number of rotatable bonds is 2. The SMILES string of the molecule is CC(=O)[O-].CC(=O)[O-].O=C1Nc2ccccc2C1=O.O=[N+]([O-])c1ccc(F)c([N+](=O)[O-])c1.[Zn+2]. The monoisotopic (exact) mass is 515 g/mol. The molecular formula is C18H14FN3O10Zn. The summed E-state index contributed by atoms with van der Waals surface area (Å²) in [7, 11) is 0. The van der Waals surface area contributed by atoms with Crippen LogP contribution in [0.5, 0.6) is 0 Å². The molecule has 33 heavy (non-hydrogen) atoms. The molecule has 1 aliphatic heterocycles. The van der Waals surface area contributed by atoms with Crippen LogP contribution in [0.15, 0.2) is 42.5 Å². The van der Waals surface area contributed by atoms with Gasteiger partial charge in [0.25, 0.3) is 17.4 Å². The van der Waals surface area contributed by atoms with Crippen LogP contribution < -0.4 is 15.5 Å². The van der Waals surface area contributed by atoms with Gasteiger partial charge in [-0.1, -0.05) is 12.1 Å². The van der Waals surface area contributed by atoms with Gasteiger partial charge in [0.15, 0.2) is 0 Å².